The summed E-state index contributed by atoms with van der Waals surface area (Å²) in [6.45, 7) is 2.47. The maximum atomic E-state index is 6.23. The molecule has 2 aliphatic rings. The van der Waals surface area contributed by atoms with Gasteiger partial charge in [0.05, 0.1) is 6.61 Å². The van der Waals surface area contributed by atoms with Gasteiger partial charge in [0.1, 0.15) is 13.2 Å². The minimum Gasteiger partial charge on any atom is -0.486 e. The van der Waals surface area contributed by atoms with Crippen molar-refractivity contribution in [1.82, 2.24) is 0 Å². The highest BCUT2D eigenvalue weighted by atomic mass is 16.6. The number of hydrogen-bond acceptors (Lipinski definition) is 4. The van der Waals surface area contributed by atoms with Gasteiger partial charge in [-0.3, -0.25) is 0 Å². The van der Waals surface area contributed by atoms with Gasteiger partial charge in [-0.15, -0.1) is 0 Å². The molecule has 1 aliphatic heterocycles. The SMILES string of the molecule is COCc1ccc2c(c1C1(CN)CCCCC1)OCCO2. The summed E-state index contributed by atoms with van der Waals surface area (Å²) >= 11 is 0. The molecule has 21 heavy (non-hydrogen) atoms. The monoisotopic (exact) mass is 291 g/mol. The molecule has 1 aromatic carbocycles. The van der Waals surface area contributed by atoms with E-state index >= 15 is 0 Å². The minimum absolute atomic E-state index is 0.0121. The second-order valence-corrected chi connectivity index (χ2v) is 6.10. The molecule has 4 nitrogen and oxygen atoms in total. The fourth-order valence-corrected chi connectivity index (χ4v) is 3.80. The molecule has 0 unspecified atom stereocenters. The van der Waals surface area contributed by atoms with Gasteiger partial charge in [-0.25, -0.2) is 0 Å². The predicted octanol–water partition coefficient (Wildman–Crippen LogP) is 2.76. The Hall–Kier alpha value is -1.26. The first-order valence-electron chi connectivity index (χ1n) is 7.92. The van der Waals surface area contributed by atoms with Crippen molar-refractivity contribution in [3.63, 3.8) is 0 Å². The summed E-state index contributed by atoms with van der Waals surface area (Å²) in [5.41, 5.74) is 8.67. The molecule has 0 bridgehead atoms. The highest BCUT2D eigenvalue weighted by Gasteiger charge is 2.38. The van der Waals surface area contributed by atoms with Gasteiger partial charge in [-0.1, -0.05) is 25.3 Å². The zero-order valence-corrected chi connectivity index (χ0v) is 12.8. The van der Waals surface area contributed by atoms with Crippen molar-refractivity contribution >= 4 is 0 Å². The molecule has 116 valence electrons. The number of ether oxygens (including phenoxy) is 3. The van der Waals surface area contributed by atoms with Crippen molar-refractivity contribution < 1.29 is 14.2 Å². The molecule has 1 fully saturated rings. The van der Waals surface area contributed by atoms with E-state index in [1.165, 1.54) is 30.4 Å². The zero-order chi connectivity index (χ0) is 14.7. The van der Waals surface area contributed by atoms with E-state index in [2.05, 4.69) is 6.07 Å². The Labute approximate surface area is 126 Å². The Balaban J connectivity index is 2.12. The van der Waals surface area contributed by atoms with Gasteiger partial charge in [0.15, 0.2) is 11.5 Å². The van der Waals surface area contributed by atoms with Crippen LogP contribution in [0.5, 0.6) is 11.5 Å². The molecule has 0 amide bonds. The van der Waals surface area contributed by atoms with Crippen LogP contribution in [-0.4, -0.2) is 26.9 Å². The quantitative estimate of drug-likeness (QED) is 0.927. The Morgan fingerprint density at radius 1 is 1.14 bits per heavy atom. The van der Waals surface area contributed by atoms with Gasteiger partial charge in [-0.2, -0.15) is 0 Å². The van der Waals surface area contributed by atoms with Crippen molar-refractivity contribution in [2.45, 2.75) is 44.1 Å². The van der Waals surface area contributed by atoms with Crippen molar-refractivity contribution in [2.24, 2.45) is 5.73 Å². The number of rotatable bonds is 4. The van der Waals surface area contributed by atoms with E-state index in [0.717, 1.165) is 24.3 Å². The van der Waals surface area contributed by atoms with Crippen molar-refractivity contribution in [3.8, 4) is 11.5 Å². The van der Waals surface area contributed by atoms with Crippen LogP contribution < -0.4 is 15.2 Å². The van der Waals surface area contributed by atoms with Gasteiger partial charge in [0.2, 0.25) is 0 Å². The largest absolute Gasteiger partial charge is 0.486 e. The van der Waals surface area contributed by atoms with Crippen LogP contribution in [0.2, 0.25) is 0 Å². The van der Waals surface area contributed by atoms with E-state index in [4.69, 9.17) is 19.9 Å². The summed E-state index contributed by atoms with van der Waals surface area (Å²) in [6.07, 6.45) is 6.01. The first-order valence-corrected chi connectivity index (χ1v) is 7.92. The van der Waals surface area contributed by atoms with Crippen LogP contribution >= 0.6 is 0 Å². The lowest BCUT2D eigenvalue weighted by atomic mass is 9.67. The molecule has 0 spiro atoms. The second-order valence-electron chi connectivity index (χ2n) is 6.10. The molecule has 0 atom stereocenters. The molecule has 1 aliphatic carbocycles. The molecular formula is C17H25NO3. The molecular weight excluding hydrogens is 266 g/mol. The van der Waals surface area contributed by atoms with E-state index in [9.17, 15) is 0 Å². The third kappa shape index (κ3) is 2.62. The molecule has 0 saturated heterocycles. The molecule has 2 N–H and O–H groups in total. The number of fused-ring (bicyclic) bond motifs is 1. The Kier molecular flexibility index (Phi) is 4.36. The molecule has 1 aromatic rings. The fourth-order valence-electron chi connectivity index (χ4n) is 3.80. The summed E-state index contributed by atoms with van der Waals surface area (Å²) in [7, 11) is 1.73. The van der Waals surface area contributed by atoms with Crippen LogP contribution in [0.4, 0.5) is 0 Å². The molecule has 0 radical (unpaired) electrons. The molecule has 0 aromatic heterocycles. The fraction of sp³-hybridized carbons (Fsp3) is 0.647. The average molecular weight is 291 g/mol. The third-order valence-corrected chi connectivity index (χ3v) is 4.83. The summed E-state index contributed by atoms with van der Waals surface area (Å²) in [5, 5.41) is 0. The highest BCUT2D eigenvalue weighted by molar-refractivity contribution is 5.55. The lowest BCUT2D eigenvalue weighted by molar-refractivity contribution is 0.157. The first kappa shape index (κ1) is 14.7. The maximum Gasteiger partial charge on any atom is 0.165 e. The smallest absolute Gasteiger partial charge is 0.165 e. The van der Waals surface area contributed by atoms with Crippen LogP contribution in [-0.2, 0) is 16.8 Å². The van der Waals surface area contributed by atoms with Crippen molar-refractivity contribution in [3.05, 3.63) is 23.3 Å². The lowest BCUT2D eigenvalue weighted by Gasteiger charge is -2.40. The summed E-state index contributed by atoms with van der Waals surface area (Å²) in [4.78, 5) is 0. The first-order chi connectivity index (χ1) is 10.3. The lowest BCUT2D eigenvalue weighted by Crippen LogP contribution is -2.39. The Morgan fingerprint density at radius 2 is 1.90 bits per heavy atom. The van der Waals surface area contributed by atoms with E-state index in [-0.39, 0.29) is 5.41 Å². The number of methoxy groups -OCH3 is 1. The molecule has 1 heterocycles. The second kappa shape index (κ2) is 6.24. The van der Waals surface area contributed by atoms with Crippen LogP contribution in [0, 0.1) is 0 Å². The van der Waals surface area contributed by atoms with Crippen molar-refractivity contribution in [1.29, 1.82) is 0 Å². The Bertz CT molecular complexity index is 495. The van der Waals surface area contributed by atoms with E-state index in [1.54, 1.807) is 7.11 Å². The molecule has 1 saturated carbocycles. The standard InChI is InChI=1S/C17H25NO3/c1-19-11-13-5-6-14-16(21-10-9-20-14)15(13)17(12-18)7-3-2-4-8-17/h5-6H,2-4,7-12,18H2,1H3. The van der Waals surface area contributed by atoms with Crippen molar-refractivity contribution in [2.75, 3.05) is 26.9 Å². The van der Waals surface area contributed by atoms with Gasteiger partial charge in [0, 0.05) is 24.6 Å². The van der Waals surface area contributed by atoms with Gasteiger partial charge in [-0.05, 0) is 24.5 Å². The number of nitrogens with two attached hydrogens (primary N) is 1. The Morgan fingerprint density at radius 3 is 2.62 bits per heavy atom. The number of hydrogen-bond donors (Lipinski definition) is 1. The normalized spacial score (nSPS) is 20.3. The summed E-state index contributed by atoms with van der Waals surface area (Å²) < 4.78 is 17.2. The van der Waals surface area contributed by atoms with E-state index in [1.807, 2.05) is 6.07 Å². The van der Waals surface area contributed by atoms with Gasteiger partial charge < -0.3 is 19.9 Å². The predicted molar refractivity (Wildman–Crippen MR) is 82.0 cm³/mol. The van der Waals surface area contributed by atoms with Crippen LogP contribution in [0.3, 0.4) is 0 Å². The van der Waals surface area contributed by atoms with Crippen LogP contribution in [0.25, 0.3) is 0 Å². The third-order valence-electron chi connectivity index (χ3n) is 4.83. The summed E-state index contributed by atoms with van der Waals surface area (Å²) in [5.74, 6) is 1.76. The zero-order valence-electron chi connectivity index (χ0n) is 12.8. The highest BCUT2D eigenvalue weighted by Crippen LogP contribution is 2.48. The van der Waals surface area contributed by atoms with E-state index < -0.39 is 0 Å². The van der Waals surface area contributed by atoms with Crippen LogP contribution in [0.1, 0.15) is 43.2 Å². The topological polar surface area (TPSA) is 53.7 Å². The summed E-state index contributed by atoms with van der Waals surface area (Å²) in [6, 6.07) is 4.11. The van der Waals surface area contributed by atoms with Crippen LogP contribution in [0.15, 0.2) is 12.1 Å². The van der Waals surface area contributed by atoms with Gasteiger partial charge in [0.25, 0.3) is 0 Å². The average Bonchev–Trinajstić information content (AvgIpc) is 2.55. The minimum atomic E-state index is 0.0121. The number of benzene rings is 1. The van der Waals surface area contributed by atoms with E-state index in [0.29, 0.717) is 26.4 Å². The maximum absolute atomic E-state index is 6.23. The van der Waals surface area contributed by atoms with Gasteiger partial charge >= 0.3 is 0 Å². The molecule has 3 rings (SSSR count). The molecule has 4 heteroatoms.